The number of thiocarbonyl (C=S) groups is 1. The maximum atomic E-state index is 10.7. The van der Waals surface area contributed by atoms with Crippen molar-refractivity contribution in [3.05, 3.63) is 71.3 Å². The van der Waals surface area contributed by atoms with E-state index in [4.69, 9.17) is 12.2 Å². The SMILES string of the molecule is O[C@H](c1ccccc1)c1ccccc1CN1CCCNC1=S. The molecule has 0 amide bonds. The normalized spacial score (nSPS) is 16.2. The predicted octanol–water partition coefficient (Wildman–Crippen LogP) is 2.85. The molecule has 22 heavy (non-hydrogen) atoms. The molecular formula is C18H20N2OS. The Morgan fingerprint density at radius 1 is 1.09 bits per heavy atom. The van der Waals surface area contributed by atoms with Crippen LogP contribution in [-0.2, 0) is 6.54 Å². The van der Waals surface area contributed by atoms with Crippen LogP contribution in [0.5, 0.6) is 0 Å². The summed E-state index contributed by atoms with van der Waals surface area (Å²) in [6.45, 7) is 2.64. The number of aliphatic hydroxyl groups excluding tert-OH is 1. The largest absolute Gasteiger partial charge is 0.384 e. The molecule has 1 atom stereocenters. The molecule has 1 aliphatic heterocycles. The third kappa shape index (κ3) is 3.29. The Bertz CT molecular complexity index is 645. The molecule has 3 rings (SSSR count). The highest BCUT2D eigenvalue weighted by molar-refractivity contribution is 7.80. The Labute approximate surface area is 136 Å². The highest BCUT2D eigenvalue weighted by Crippen LogP contribution is 2.26. The summed E-state index contributed by atoms with van der Waals surface area (Å²) in [6, 6.07) is 17.8. The first-order valence-electron chi connectivity index (χ1n) is 7.59. The first kappa shape index (κ1) is 15.0. The van der Waals surface area contributed by atoms with E-state index in [-0.39, 0.29) is 0 Å². The number of hydrogen-bond acceptors (Lipinski definition) is 2. The summed E-state index contributed by atoms with van der Waals surface area (Å²) in [5, 5.41) is 14.7. The second-order valence-corrected chi connectivity index (χ2v) is 5.91. The van der Waals surface area contributed by atoms with Gasteiger partial charge >= 0.3 is 0 Å². The third-order valence-electron chi connectivity index (χ3n) is 3.99. The van der Waals surface area contributed by atoms with Crippen LogP contribution in [0.2, 0.25) is 0 Å². The number of rotatable bonds is 4. The topological polar surface area (TPSA) is 35.5 Å². The fourth-order valence-corrected chi connectivity index (χ4v) is 3.05. The average Bonchev–Trinajstić information content (AvgIpc) is 2.58. The summed E-state index contributed by atoms with van der Waals surface area (Å²) in [5.41, 5.74) is 2.97. The van der Waals surface area contributed by atoms with Gasteiger partial charge < -0.3 is 15.3 Å². The molecule has 1 saturated heterocycles. The standard InChI is InChI=1S/C18H20N2OS/c21-17(14-7-2-1-3-8-14)16-10-5-4-9-15(16)13-20-12-6-11-19-18(20)22/h1-5,7-10,17,21H,6,11-13H2,(H,19,22)/t17-/m1/s1. The molecular weight excluding hydrogens is 292 g/mol. The lowest BCUT2D eigenvalue weighted by Gasteiger charge is -2.31. The molecule has 2 aromatic rings. The van der Waals surface area contributed by atoms with E-state index in [0.29, 0.717) is 0 Å². The molecule has 3 nitrogen and oxygen atoms in total. The van der Waals surface area contributed by atoms with Crippen molar-refractivity contribution < 1.29 is 5.11 Å². The van der Waals surface area contributed by atoms with Gasteiger partial charge in [0, 0.05) is 19.6 Å². The molecule has 2 aromatic carbocycles. The van der Waals surface area contributed by atoms with Crippen molar-refractivity contribution in [2.24, 2.45) is 0 Å². The number of nitrogens with zero attached hydrogens (tertiary/aromatic N) is 1. The van der Waals surface area contributed by atoms with Gasteiger partial charge in [-0.1, -0.05) is 54.6 Å². The van der Waals surface area contributed by atoms with Gasteiger partial charge in [0.25, 0.3) is 0 Å². The summed E-state index contributed by atoms with van der Waals surface area (Å²) in [6.07, 6.45) is 0.479. The van der Waals surface area contributed by atoms with Crippen LogP contribution in [0, 0.1) is 0 Å². The Hall–Kier alpha value is -1.91. The van der Waals surface area contributed by atoms with Gasteiger partial charge in [0.1, 0.15) is 6.10 Å². The maximum Gasteiger partial charge on any atom is 0.169 e. The Morgan fingerprint density at radius 3 is 2.59 bits per heavy atom. The fourth-order valence-electron chi connectivity index (χ4n) is 2.79. The highest BCUT2D eigenvalue weighted by Gasteiger charge is 2.19. The quantitative estimate of drug-likeness (QED) is 0.851. The van der Waals surface area contributed by atoms with Gasteiger partial charge in [-0.2, -0.15) is 0 Å². The maximum absolute atomic E-state index is 10.7. The van der Waals surface area contributed by atoms with Gasteiger partial charge in [0.05, 0.1) is 0 Å². The van der Waals surface area contributed by atoms with Crippen LogP contribution in [0.4, 0.5) is 0 Å². The summed E-state index contributed by atoms with van der Waals surface area (Å²) in [7, 11) is 0. The zero-order valence-electron chi connectivity index (χ0n) is 12.4. The summed E-state index contributed by atoms with van der Waals surface area (Å²) >= 11 is 5.38. The van der Waals surface area contributed by atoms with Gasteiger partial charge in [-0.05, 0) is 35.3 Å². The van der Waals surface area contributed by atoms with Crippen molar-refractivity contribution in [2.45, 2.75) is 19.1 Å². The predicted molar refractivity (Wildman–Crippen MR) is 92.6 cm³/mol. The summed E-state index contributed by atoms with van der Waals surface area (Å²) in [4.78, 5) is 2.16. The lowest BCUT2D eigenvalue weighted by molar-refractivity contribution is 0.217. The highest BCUT2D eigenvalue weighted by atomic mass is 32.1. The minimum Gasteiger partial charge on any atom is -0.384 e. The number of benzene rings is 2. The average molecular weight is 312 g/mol. The van der Waals surface area contributed by atoms with Gasteiger partial charge in [0.2, 0.25) is 0 Å². The number of aliphatic hydroxyl groups is 1. The molecule has 114 valence electrons. The molecule has 1 fully saturated rings. The van der Waals surface area contributed by atoms with Crippen LogP contribution in [0.1, 0.15) is 29.2 Å². The van der Waals surface area contributed by atoms with Crippen LogP contribution >= 0.6 is 12.2 Å². The monoisotopic (exact) mass is 312 g/mol. The minimum absolute atomic E-state index is 0.608. The Kier molecular flexibility index (Phi) is 4.71. The van der Waals surface area contributed by atoms with Crippen molar-refractivity contribution in [1.29, 1.82) is 0 Å². The minimum atomic E-state index is -0.608. The second-order valence-electron chi connectivity index (χ2n) is 5.52. The smallest absolute Gasteiger partial charge is 0.169 e. The zero-order valence-corrected chi connectivity index (χ0v) is 13.2. The lowest BCUT2D eigenvalue weighted by atomic mass is 9.96. The summed E-state index contributed by atoms with van der Waals surface area (Å²) in [5.74, 6) is 0. The number of hydrogen-bond donors (Lipinski definition) is 2. The van der Waals surface area contributed by atoms with E-state index in [1.807, 2.05) is 48.5 Å². The molecule has 1 heterocycles. The van der Waals surface area contributed by atoms with Crippen molar-refractivity contribution in [3.8, 4) is 0 Å². The van der Waals surface area contributed by atoms with Gasteiger partial charge in [0.15, 0.2) is 5.11 Å². The second kappa shape index (κ2) is 6.90. The summed E-state index contributed by atoms with van der Waals surface area (Å²) < 4.78 is 0. The van der Waals surface area contributed by atoms with Crippen LogP contribution in [0.3, 0.4) is 0 Å². The van der Waals surface area contributed by atoms with E-state index in [1.165, 1.54) is 0 Å². The van der Waals surface area contributed by atoms with Crippen LogP contribution in [-0.4, -0.2) is 28.2 Å². The molecule has 2 N–H and O–H groups in total. The van der Waals surface area contributed by atoms with Crippen molar-refractivity contribution in [3.63, 3.8) is 0 Å². The van der Waals surface area contributed by atoms with E-state index in [1.54, 1.807) is 0 Å². The van der Waals surface area contributed by atoms with Gasteiger partial charge in [-0.25, -0.2) is 0 Å². The first-order valence-corrected chi connectivity index (χ1v) is 8.00. The Balaban J connectivity index is 1.85. The van der Waals surface area contributed by atoms with Crippen LogP contribution in [0.25, 0.3) is 0 Å². The van der Waals surface area contributed by atoms with E-state index >= 15 is 0 Å². The van der Waals surface area contributed by atoms with Gasteiger partial charge in [-0.3, -0.25) is 0 Å². The van der Waals surface area contributed by atoms with E-state index in [2.05, 4.69) is 16.3 Å². The molecule has 0 saturated carbocycles. The fraction of sp³-hybridized carbons (Fsp3) is 0.278. The van der Waals surface area contributed by atoms with Crippen LogP contribution in [0.15, 0.2) is 54.6 Å². The Morgan fingerprint density at radius 2 is 1.82 bits per heavy atom. The van der Waals surface area contributed by atoms with Crippen molar-refractivity contribution >= 4 is 17.3 Å². The molecule has 1 aliphatic rings. The lowest BCUT2D eigenvalue weighted by Crippen LogP contribution is -2.45. The molecule has 0 aliphatic carbocycles. The van der Waals surface area contributed by atoms with E-state index in [0.717, 1.165) is 47.9 Å². The molecule has 0 aromatic heterocycles. The molecule has 0 unspecified atom stereocenters. The van der Waals surface area contributed by atoms with Crippen molar-refractivity contribution in [1.82, 2.24) is 10.2 Å². The van der Waals surface area contributed by atoms with Crippen LogP contribution < -0.4 is 5.32 Å². The molecule has 0 spiro atoms. The third-order valence-corrected chi connectivity index (χ3v) is 4.40. The van der Waals surface area contributed by atoms with Crippen molar-refractivity contribution in [2.75, 3.05) is 13.1 Å². The van der Waals surface area contributed by atoms with E-state index in [9.17, 15) is 5.11 Å². The van der Waals surface area contributed by atoms with Gasteiger partial charge in [-0.15, -0.1) is 0 Å². The van der Waals surface area contributed by atoms with E-state index < -0.39 is 6.10 Å². The first-order chi connectivity index (χ1) is 10.8. The number of nitrogens with one attached hydrogen (secondary N) is 1. The molecule has 0 radical (unpaired) electrons. The zero-order chi connectivity index (χ0) is 15.4. The molecule has 0 bridgehead atoms. The molecule has 4 heteroatoms.